The minimum atomic E-state index is -0.0865. The molecule has 0 amide bonds. The van der Waals surface area contributed by atoms with Crippen molar-refractivity contribution in [1.82, 2.24) is 14.3 Å². The molecule has 0 aliphatic carbocycles. The Kier molecular flexibility index (Phi) is 3.05. The van der Waals surface area contributed by atoms with E-state index in [1.807, 2.05) is 6.07 Å². The van der Waals surface area contributed by atoms with E-state index in [1.165, 1.54) is 21.3 Å². The maximum absolute atomic E-state index is 11.9. The Morgan fingerprint density at radius 1 is 1.14 bits per heavy atom. The Balaban J connectivity index is 2.02. The summed E-state index contributed by atoms with van der Waals surface area (Å²) in [6.07, 6.45) is 1.68. The highest BCUT2D eigenvalue weighted by atomic mass is 16.1. The summed E-state index contributed by atoms with van der Waals surface area (Å²) in [5.41, 5.74) is 4.68. The Morgan fingerprint density at radius 3 is 2.67 bits per heavy atom. The number of anilines is 2. The second-order valence-corrected chi connectivity index (χ2v) is 5.36. The summed E-state index contributed by atoms with van der Waals surface area (Å²) < 4.78 is 3.49. The summed E-state index contributed by atoms with van der Waals surface area (Å²) in [6, 6.07) is 8.32. The molecule has 3 aromatic rings. The Hall–Kier alpha value is -2.56. The number of hydrogen-bond acceptors (Lipinski definition) is 3. The van der Waals surface area contributed by atoms with Gasteiger partial charge in [0.2, 0.25) is 0 Å². The highest BCUT2D eigenvalue weighted by molar-refractivity contribution is 5.85. The molecule has 0 bridgehead atoms. The van der Waals surface area contributed by atoms with Gasteiger partial charge in [-0.3, -0.25) is 4.79 Å². The molecule has 2 aromatic heterocycles. The number of rotatable bonds is 2. The predicted octanol–water partition coefficient (Wildman–Crippen LogP) is 2.63. The van der Waals surface area contributed by atoms with Gasteiger partial charge in [0.05, 0.1) is 11.9 Å². The van der Waals surface area contributed by atoms with Crippen LogP contribution >= 0.6 is 0 Å². The lowest BCUT2D eigenvalue weighted by Gasteiger charge is -2.10. The van der Waals surface area contributed by atoms with E-state index < -0.39 is 0 Å². The average Bonchev–Trinajstić information content (AvgIpc) is 2.74. The van der Waals surface area contributed by atoms with Crippen molar-refractivity contribution in [2.75, 3.05) is 5.32 Å². The van der Waals surface area contributed by atoms with Crippen LogP contribution in [0.25, 0.3) is 10.9 Å². The molecule has 3 rings (SSSR count). The molecule has 0 saturated carbocycles. The molecule has 108 valence electrons. The van der Waals surface area contributed by atoms with Crippen LogP contribution in [-0.2, 0) is 14.1 Å². The van der Waals surface area contributed by atoms with Crippen LogP contribution < -0.4 is 10.9 Å². The number of aryl methyl sites for hydroxylation is 3. The van der Waals surface area contributed by atoms with Gasteiger partial charge in [-0.25, -0.2) is 4.68 Å². The summed E-state index contributed by atoms with van der Waals surface area (Å²) in [4.78, 5) is 11.9. The van der Waals surface area contributed by atoms with Crippen LogP contribution in [0, 0.1) is 13.8 Å². The third-order valence-corrected chi connectivity index (χ3v) is 3.94. The Labute approximate surface area is 122 Å². The van der Waals surface area contributed by atoms with Crippen molar-refractivity contribution < 1.29 is 0 Å². The fourth-order valence-electron chi connectivity index (χ4n) is 2.50. The van der Waals surface area contributed by atoms with Crippen LogP contribution in [0.5, 0.6) is 0 Å². The second kappa shape index (κ2) is 4.77. The zero-order valence-electron chi connectivity index (χ0n) is 12.6. The molecule has 0 saturated heterocycles. The minimum Gasteiger partial charge on any atom is -0.354 e. The van der Waals surface area contributed by atoms with E-state index in [9.17, 15) is 4.79 Å². The van der Waals surface area contributed by atoms with E-state index in [1.54, 1.807) is 20.2 Å². The standard InChI is InChI=1S/C16H18N4O/c1-10-7-12-8-13(5-6-15(12)19(10)3)18-14-9-17-20(4)16(21)11(14)2/h5-9,18H,1-4H3. The van der Waals surface area contributed by atoms with Crippen LogP contribution in [0.1, 0.15) is 11.3 Å². The number of nitrogens with zero attached hydrogens (tertiary/aromatic N) is 3. The Bertz CT molecular complexity index is 889. The fraction of sp³-hybridized carbons (Fsp3) is 0.250. The summed E-state index contributed by atoms with van der Waals surface area (Å²) in [5.74, 6) is 0. The highest BCUT2D eigenvalue weighted by Crippen LogP contribution is 2.24. The first-order valence-electron chi connectivity index (χ1n) is 6.83. The monoisotopic (exact) mass is 282 g/mol. The zero-order valence-corrected chi connectivity index (χ0v) is 12.6. The summed E-state index contributed by atoms with van der Waals surface area (Å²) >= 11 is 0. The first-order chi connectivity index (χ1) is 9.97. The number of fused-ring (bicyclic) bond motifs is 1. The van der Waals surface area contributed by atoms with Crippen molar-refractivity contribution in [2.24, 2.45) is 14.1 Å². The smallest absolute Gasteiger partial charge is 0.271 e. The lowest BCUT2D eigenvalue weighted by atomic mass is 10.2. The summed E-state index contributed by atoms with van der Waals surface area (Å²) in [7, 11) is 3.71. The van der Waals surface area contributed by atoms with Gasteiger partial charge in [-0.15, -0.1) is 0 Å². The van der Waals surface area contributed by atoms with Crippen molar-refractivity contribution in [3.63, 3.8) is 0 Å². The molecule has 5 nitrogen and oxygen atoms in total. The second-order valence-electron chi connectivity index (χ2n) is 5.36. The van der Waals surface area contributed by atoms with Crippen molar-refractivity contribution in [3.05, 3.63) is 52.1 Å². The lowest BCUT2D eigenvalue weighted by molar-refractivity contribution is 0.702. The molecule has 0 radical (unpaired) electrons. The molecule has 0 atom stereocenters. The number of nitrogens with one attached hydrogen (secondary N) is 1. The number of benzene rings is 1. The van der Waals surface area contributed by atoms with E-state index in [0.29, 0.717) is 5.56 Å². The van der Waals surface area contributed by atoms with Gasteiger partial charge in [-0.05, 0) is 38.1 Å². The van der Waals surface area contributed by atoms with E-state index in [4.69, 9.17) is 0 Å². The third-order valence-electron chi connectivity index (χ3n) is 3.94. The van der Waals surface area contributed by atoms with E-state index in [-0.39, 0.29) is 5.56 Å². The van der Waals surface area contributed by atoms with Crippen LogP contribution in [-0.4, -0.2) is 14.3 Å². The van der Waals surface area contributed by atoms with Gasteiger partial charge in [0.15, 0.2) is 0 Å². The van der Waals surface area contributed by atoms with E-state index in [2.05, 4.69) is 47.2 Å². The van der Waals surface area contributed by atoms with Gasteiger partial charge in [0.25, 0.3) is 5.56 Å². The first kappa shape index (κ1) is 13.4. The average molecular weight is 282 g/mol. The first-order valence-corrected chi connectivity index (χ1v) is 6.83. The Morgan fingerprint density at radius 2 is 1.90 bits per heavy atom. The fourth-order valence-corrected chi connectivity index (χ4v) is 2.50. The molecule has 21 heavy (non-hydrogen) atoms. The van der Waals surface area contributed by atoms with Crippen LogP contribution in [0.15, 0.2) is 35.3 Å². The molecule has 0 unspecified atom stereocenters. The zero-order chi connectivity index (χ0) is 15.1. The van der Waals surface area contributed by atoms with Gasteiger partial charge in [0.1, 0.15) is 0 Å². The van der Waals surface area contributed by atoms with Gasteiger partial charge in [-0.1, -0.05) is 0 Å². The van der Waals surface area contributed by atoms with Gasteiger partial charge in [-0.2, -0.15) is 5.10 Å². The number of aromatic nitrogens is 3. The predicted molar refractivity (Wildman–Crippen MR) is 85.2 cm³/mol. The SMILES string of the molecule is Cc1c(Nc2ccc3c(c2)cc(C)n3C)cnn(C)c1=O. The van der Waals surface area contributed by atoms with Crippen LogP contribution in [0.3, 0.4) is 0 Å². The van der Waals surface area contributed by atoms with Crippen molar-refractivity contribution in [3.8, 4) is 0 Å². The molecule has 0 aliphatic heterocycles. The van der Waals surface area contributed by atoms with Crippen molar-refractivity contribution in [1.29, 1.82) is 0 Å². The topological polar surface area (TPSA) is 51.9 Å². The van der Waals surface area contributed by atoms with Gasteiger partial charge < -0.3 is 9.88 Å². The van der Waals surface area contributed by atoms with Gasteiger partial charge in [0, 0.05) is 41.9 Å². The van der Waals surface area contributed by atoms with Crippen molar-refractivity contribution >= 4 is 22.3 Å². The molecule has 1 N–H and O–H groups in total. The van der Waals surface area contributed by atoms with E-state index in [0.717, 1.165) is 11.4 Å². The lowest BCUT2D eigenvalue weighted by Crippen LogP contribution is -2.22. The molecule has 0 fully saturated rings. The summed E-state index contributed by atoms with van der Waals surface area (Å²) in [5, 5.41) is 8.51. The normalized spacial score (nSPS) is 11.0. The van der Waals surface area contributed by atoms with Gasteiger partial charge >= 0.3 is 0 Å². The van der Waals surface area contributed by atoms with Crippen LogP contribution in [0.2, 0.25) is 0 Å². The van der Waals surface area contributed by atoms with Crippen LogP contribution in [0.4, 0.5) is 11.4 Å². The largest absolute Gasteiger partial charge is 0.354 e. The maximum Gasteiger partial charge on any atom is 0.271 e. The minimum absolute atomic E-state index is 0.0865. The molecule has 5 heteroatoms. The summed E-state index contributed by atoms with van der Waals surface area (Å²) in [6.45, 7) is 3.89. The molecule has 2 heterocycles. The molecule has 0 aliphatic rings. The quantitative estimate of drug-likeness (QED) is 0.786. The van der Waals surface area contributed by atoms with Crippen molar-refractivity contribution in [2.45, 2.75) is 13.8 Å². The highest BCUT2D eigenvalue weighted by Gasteiger charge is 2.07. The molecule has 0 spiro atoms. The van der Waals surface area contributed by atoms with E-state index >= 15 is 0 Å². The molecular weight excluding hydrogens is 264 g/mol. The maximum atomic E-state index is 11.9. The molecular formula is C16H18N4O. The molecule has 1 aromatic carbocycles. The third kappa shape index (κ3) is 2.20. The number of hydrogen-bond donors (Lipinski definition) is 1.